The molecule has 2 N–H and O–H groups in total. The van der Waals surface area contributed by atoms with Crippen LogP contribution in [0.25, 0.3) is 0 Å². The largest absolute Gasteiger partial charge is 0.493 e. The van der Waals surface area contributed by atoms with Gasteiger partial charge in [-0.3, -0.25) is 0 Å². The van der Waals surface area contributed by atoms with E-state index in [0.717, 1.165) is 5.56 Å². The number of amidine groups is 1. The van der Waals surface area contributed by atoms with Crippen LogP contribution >= 0.6 is 11.8 Å². The Labute approximate surface area is 144 Å². The lowest BCUT2D eigenvalue weighted by atomic mass is 10.2. The Balaban J connectivity index is 2.02. The number of thioether (sulfide) groups is 1. The molecule has 5 nitrogen and oxygen atoms in total. The molecule has 7 heteroatoms. The van der Waals surface area contributed by atoms with E-state index in [2.05, 4.69) is 10.2 Å². The molecular formula is C17H18FN3O2S. The topological polar surface area (TPSA) is 69.2 Å². The molecule has 24 heavy (non-hydrogen) atoms. The van der Waals surface area contributed by atoms with E-state index in [1.165, 1.54) is 44.3 Å². The SMILES string of the molecule is COc1cc(F)c(C=NN=C(N)SCc2ccccc2)cc1OC. The van der Waals surface area contributed by atoms with Crippen LogP contribution in [0.4, 0.5) is 4.39 Å². The lowest BCUT2D eigenvalue weighted by molar-refractivity contribution is 0.352. The summed E-state index contributed by atoms with van der Waals surface area (Å²) in [6.45, 7) is 0. The van der Waals surface area contributed by atoms with Crippen LogP contribution in [0.3, 0.4) is 0 Å². The van der Waals surface area contributed by atoms with Crippen LogP contribution in [0, 0.1) is 5.82 Å². The van der Waals surface area contributed by atoms with Crippen LogP contribution in [0.5, 0.6) is 11.5 Å². The van der Waals surface area contributed by atoms with Gasteiger partial charge in [-0.15, -0.1) is 5.10 Å². The summed E-state index contributed by atoms with van der Waals surface area (Å²) in [5.74, 6) is 0.933. The normalized spacial score (nSPS) is 11.7. The Hall–Kier alpha value is -2.54. The summed E-state index contributed by atoms with van der Waals surface area (Å²) in [7, 11) is 2.92. The second-order valence-electron chi connectivity index (χ2n) is 4.69. The Morgan fingerprint density at radius 3 is 2.50 bits per heavy atom. The maximum absolute atomic E-state index is 13.9. The van der Waals surface area contributed by atoms with Crippen molar-refractivity contribution in [3.8, 4) is 11.5 Å². The molecule has 0 radical (unpaired) electrons. The van der Waals surface area contributed by atoms with E-state index in [4.69, 9.17) is 15.2 Å². The van der Waals surface area contributed by atoms with Crippen molar-refractivity contribution in [2.75, 3.05) is 14.2 Å². The molecule has 0 aliphatic carbocycles. The highest BCUT2D eigenvalue weighted by Crippen LogP contribution is 2.29. The number of nitrogens with zero attached hydrogens (tertiary/aromatic N) is 2. The summed E-state index contributed by atoms with van der Waals surface area (Å²) in [6.07, 6.45) is 1.28. The van der Waals surface area contributed by atoms with Gasteiger partial charge in [0.2, 0.25) is 0 Å². The van der Waals surface area contributed by atoms with Gasteiger partial charge in [-0.2, -0.15) is 5.10 Å². The molecule has 2 aromatic rings. The first-order valence-electron chi connectivity index (χ1n) is 7.08. The van der Waals surface area contributed by atoms with Gasteiger partial charge in [-0.05, 0) is 11.6 Å². The molecule has 2 aromatic carbocycles. The first-order chi connectivity index (χ1) is 11.6. The maximum atomic E-state index is 13.9. The summed E-state index contributed by atoms with van der Waals surface area (Å²) in [5, 5.41) is 7.99. The Morgan fingerprint density at radius 1 is 1.17 bits per heavy atom. The number of hydrogen-bond acceptors (Lipinski definition) is 5. The highest BCUT2D eigenvalue weighted by Gasteiger charge is 2.09. The predicted molar refractivity (Wildman–Crippen MR) is 96.5 cm³/mol. The lowest BCUT2D eigenvalue weighted by Gasteiger charge is -2.08. The standard InChI is InChI=1S/C17H18FN3O2S/c1-22-15-8-13(14(18)9-16(15)23-2)10-20-21-17(19)24-11-12-6-4-3-5-7-12/h3-10H,11H2,1-2H3,(H2,19,21). The third kappa shape index (κ3) is 4.99. The first kappa shape index (κ1) is 17.8. The van der Waals surface area contributed by atoms with Gasteiger partial charge in [-0.25, -0.2) is 4.39 Å². The third-order valence-corrected chi connectivity index (χ3v) is 3.94. The molecule has 0 spiro atoms. The quantitative estimate of drug-likeness (QED) is 0.494. The summed E-state index contributed by atoms with van der Waals surface area (Å²) in [6, 6.07) is 12.6. The van der Waals surface area contributed by atoms with Gasteiger partial charge in [0.1, 0.15) is 5.82 Å². The van der Waals surface area contributed by atoms with Gasteiger partial charge in [0.25, 0.3) is 0 Å². The zero-order valence-electron chi connectivity index (χ0n) is 13.4. The minimum atomic E-state index is -0.484. The molecular weight excluding hydrogens is 329 g/mol. The molecule has 0 saturated heterocycles. The van der Waals surface area contributed by atoms with Gasteiger partial charge in [-0.1, -0.05) is 42.1 Å². The third-order valence-electron chi connectivity index (χ3n) is 3.09. The van der Waals surface area contributed by atoms with Gasteiger partial charge in [0, 0.05) is 17.4 Å². The van der Waals surface area contributed by atoms with Crippen molar-refractivity contribution in [2.45, 2.75) is 5.75 Å². The van der Waals surface area contributed by atoms with Gasteiger partial charge < -0.3 is 15.2 Å². The van der Waals surface area contributed by atoms with E-state index in [-0.39, 0.29) is 5.56 Å². The number of hydrogen-bond donors (Lipinski definition) is 1. The Kier molecular flexibility index (Phi) is 6.62. The molecule has 0 unspecified atom stereocenters. The molecule has 0 aliphatic heterocycles. The molecule has 0 amide bonds. The summed E-state index contributed by atoms with van der Waals surface area (Å²) >= 11 is 1.36. The molecule has 0 heterocycles. The van der Waals surface area contributed by atoms with E-state index in [0.29, 0.717) is 22.4 Å². The average molecular weight is 347 g/mol. The monoisotopic (exact) mass is 347 g/mol. The van der Waals surface area contributed by atoms with Crippen molar-refractivity contribution >= 4 is 23.1 Å². The van der Waals surface area contributed by atoms with Crippen LogP contribution < -0.4 is 15.2 Å². The fourth-order valence-electron chi connectivity index (χ4n) is 1.88. The number of benzene rings is 2. The number of halogens is 1. The van der Waals surface area contributed by atoms with Gasteiger partial charge in [0.05, 0.1) is 20.4 Å². The van der Waals surface area contributed by atoms with Crippen molar-refractivity contribution in [1.82, 2.24) is 0 Å². The van der Waals surface area contributed by atoms with E-state index in [9.17, 15) is 4.39 Å². The van der Waals surface area contributed by atoms with Crippen molar-refractivity contribution in [3.05, 3.63) is 59.4 Å². The van der Waals surface area contributed by atoms with Crippen molar-refractivity contribution in [1.29, 1.82) is 0 Å². The van der Waals surface area contributed by atoms with E-state index >= 15 is 0 Å². The molecule has 0 bridgehead atoms. The fourth-order valence-corrected chi connectivity index (χ4v) is 2.49. The van der Waals surface area contributed by atoms with Crippen LogP contribution in [0.1, 0.15) is 11.1 Å². The van der Waals surface area contributed by atoms with Crippen LogP contribution in [0.2, 0.25) is 0 Å². The van der Waals surface area contributed by atoms with E-state index in [1.807, 2.05) is 30.3 Å². The van der Waals surface area contributed by atoms with Crippen LogP contribution in [-0.2, 0) is 5.75 Å². The number of rotatable bonds is 6. The van der Waals surface area contributed by atoms with Crippen LogP contribution in [0.15, 0.2) is 52.7 Å². The lowest BCUT2D eigenvalue weighted by Crippen LogP contribution is -2.06. The summed E-state index contributed by atoms with van der Waals surface area (Å²) < 4.78 is 24.1. The van der Waals surface area contributed by atoms with E-state index < -0.39 is 5.82 Å². The van der Waals surface area contributed by atoms with Crippen molar-refractivity contribution in [2.24, 2.45) is 15.9 Å². The van der Waals surface area contributed by atoms with Gasteiger partial charge >= 0.3 is 0 Å². The minimum absolute atomic E-state index is 0.234. The average Bonchev–Trinajstić information content (AvgIpc) is 2.61. The molecule has 0 fully saturated rings. The van der Waals surface area contributed by atoms with E-state index in [1.54, 1.807) is 0 Å². The molecule has 0 saturated carbocycles. The number of nitrogens with two attached hydrogens (primary N) is 1. The first-order valence-corrected chi connectivity index (χ1v) is 8.07. The maximum Gasteiger partial charge on any atom is 0.180 e. The molecule has 0 aliphatic rings. The van der Waals surface area contributed by atoms with Crippen LogP contribution in [-0.4, -0.2) is 25.6 Å². The molecule has 0 atom stereocenters. The van der Waals surface area contributed by atoms with Crippen molar-refractivity contribution in [3.63, 3.8) is 0 Å². The number of methoxy groups -OCH3 is 2. The molecule has 126 valence electrons. The molecule has 2 rings (SSSR count). The predicted octanol–water partition coefficient (Wildman–Crippen LogP) is 3.42. The highest BCUT2D eigenvalue weighted by molar-refractivity contribution is 8.13. The van der Waals surface area contributed by atoms with Gasteiger partial charge in [0.15, 0.2) is 16.7 Å². The smallest absolute Gasteiger partial charge is 0.180 e. The highest BCUT2D eigenvalue weighted by atomic mass is 32.2. The summed E-state index contributed by atoms with van der Waals surface area (Å²) in [5.41, 5.74) is 7.15. The second-order valence-corrected chi connectivity index (χ2v) is 5.68. The second kappa shape index (κ2) is 8.93. The number of ether oxygens (including phenoxy) is 2. The zero-order chi connectivity index (χ0) is 17.4. The molecule has 0 aromatic heterocycles. The van der Waals surface area contributed by atoms with Crippen molar-refractivity contribution < 1.29 is 13.9 Å². The minimum Gasteiger partial charge on any atom is -0.493 e. The zero-order valence-corrected chi connectivity index (χ0v) is 14.2. The summed E-state index contributed by atoms with van der Waals surface area (Å²) in [4.78, 5) is 0. The Bertz CT molecular complexity index is 736. The Morgan fingerprint density at radius 2 is 1.83 bits per heavy atom. The fraction of sp³-hybridized carbons (Fsp3) is 0.176.